The van der Waals surface area contributed by atoms with E-state index in [-0.39, 0.29) is 11.8 Å². The smallest absolute Gasteiger partial charge is 0.404 e. The maximum Gasteiger partial charge on any atom is 0.404 e. The third kappa shape index (κ3) is 4.44. The molecule has 0 aromatic rings. The zero-order valence-corrected chi connectivity index (χ0v) is 21.9. The van der Waals surface area contributed by atoms with Crippen LogP contribution >= 0.6 is 0 Å². The number of hydrogen-bond acceptors (Lipinski definition) is 6. The molecule has 4 atom stereocenters. The molecular formula is C26H37N3O5S. The van der Waals surface area contributed by atoms with E-state index in [0.29, 0.717) is 43.5 Å². The molecule has 0 saturated heterocycles. The van der Waals surface area contributed by atoms with Crippen molar-refractivity contribution in [2.45, 2.75) is 85.0 Å². The molecule has 0 aromatic heterocycles. The maximum absolute atomic E-state index is 12.3. The number of carbonyl (C=O) groups is 1. The minimum Gasteiger partial charge on any atom is -0.481 e. The van der Waals surface area contributed by atoms with Gasteiger partial charge in [0, 0.05) is 19.5 Å². The van der Waals surface area contributed by atoms with Crippen LogP contribution in [0, 0.1) is 34.0 Å². The first kappa shape index (κ1) is 25.9. The third-order valence-electron chi connectivity index (χ3n) is 9.46. The van der Waals surface area contributed by atoms with Gasteiger partial charge in [-0.1, -0.05) is 31.5 Å². The second kappa shape index (κ2) is 9.70. The first-order chi connectivity index (χ1) is 16.6. The monoisotopic (exact) mass is 503 g/mol. The second-order valence-corrected chi connectivity index (χ2v) is 12.3. The molecule has 8 nitrogen and oxygen atoms in total. The Hall–Kier alpha value is -2.18. The Morgan fingerprint density at radius 3 is 2.63 bits per heavy atom. The first-order valence-electron chi connectivity index (χ1n) is 12.9. The number of allylic oxidation sites excluding steroid dienone is 4. The summed E-state index contributed by atoms with van der Waals surface area (Å²) >= 11 is 0. The molecule has 1 N–H and O–H groups in total. The van der Waals surface area contributed by atoms with E-state index in [9.17, 15) is 23.6 Å². The summed E-state index contributed by atoms with van der Waals surface area (Å²) < 4.78 is 30.9. The molecule has 0 unspecified atom stereocenters. The van der Waals surface area contributed by atoms with Crippen molar-refractivity contribution in [3.05, 3.63) is 22.8 Å². The van der Waals surface area contributed by atoms with Crippen molar-refractivity contribution in [2.75, 3.05) is 13.1 Å². The highest BCUT2D eigenvalue weighted by atomic mass is 32.2. The average Bonchev–Trinajstić information content (AvgIpc) is 3.09. The largest absolute Gasteiger partial charge is 0.481 e. The van der Waals surface area contributed by atoms with Crippen LogP contribution in [0.25, 0.3) is 0 Å². The summed E-state index contributed by atoms with van der Waals surface area (Å²) in [7, 11) is -3.87. The summed E-state index contributed by atoms with van der Waals surface area (Å²) in [4.78, 5) is 11.8. The summed E-state index contributed by atoms with van der Waals surface area (Å²) in [5.74, 6) is 0.0446. The second-order valence-electron chi connectivity index (χ2n) is 10.8. The van der Waals surface area contributed by atoms with Crippen LogP contribution in [-0.4, -0.2) is 42.6 Å². The van der Waals surface area contributed by atoms with Gasteiger partial charge in [0.2, 0.25) is 0 Å². The number of nitriles is 1. The van der Waals surface area contributed by atoms with Crippen molar-refractivity contribution in [1.29, 1.82) is 5.26 Å². The Labute approximate surface area is 209 Å². The molecule has 0 radical (unpaired) electrons. The van der Waals surface area contributed by atoms with Crippen LogP contribution in [0.5, 0.6) is 0 Å². The van der Waals surface area contributed by atoms with Crippen molar-refractivity contribution in [1.82, 2.24) is 4.31 Å². The number of fused-ring (bicyclic) bond motifs is 4. The minimum atomic E-state index is -3.87. The highest BCUT2D eigenvalue weighted by Gasteiger charge is 2.61. The van der Waals surface area contributed by atoms with E-state index in [0.717, 1.165) is 44.9 Å². The van der Waals surface area contributed by atoms with Gasteiger partial charge >= 0.3 is 16.3 Å². The number of rotatable bonds is 8. The van der Waals surface area contributed by atoms with Crippen LogP contribution in [0.3, 0.4) is 0 Å². The SMILES string of the molecule is CCN(CC)S(=O)(=O)O/N=C1\C=C2CC[C@@H]3C(=C2CC1)CC[C@@]1(C)[C@H]3CC[C@]1(CC#N)CC(=O)O. The molecule has 9 heteroatoms. The summed E-state index contributed by atoms with van der Waals surface area (Å²) in [6.07, 6.45) is 9.43. The fourth-order valence-corrected chi connectivity index (χ4v) is 8.53. The molecule has 0 heterocycles. The normalized spacial score (nSPS) is 33.6. The molecule has 0 amide bonds. The number of carboxylic acid groups (broad SMARTS) is 1. The van der Waals surface area contributed by atoms with Crippen LogP contribution in [-0.2, 0) is 19.4 Å². The number of nitrogens with zero attached hydrogens (tertiary/aromatic N) is 3. The Morgan fingerprint density at radius 1 is 1.23 bits per heavy atom. The van der Waals surface area contributed by atoms with Crippen LogP contribution in [0.4, 0.5) is 0 Å². The molecule has 35 heavy (non-hydrogen) atoms. The predicted octanol–water partition coefficient (Wildman–Crippen LogP) is 4.96. The fraction of sp³-hybridized carbons (Fsp3) is 0.731. The van der Waals surface area contributed by atoms with E-state index >= 15 is 0 Å². The van der Waals surface area contributed by atoms with Crippen LogP contribution in [0.15, 0.2) is 28.0 Å². The van der Waals surface area contributed by atoms with Crippen LogP contribution in [0.2, 0.25) is 0 Å². The molecule has 192 valence electrons. The summed E-state index contributed by atoms with van der Waals surface area (Å²) in [6.45, 7) is 6.46. The van der Waals surface area contributed by atoms with Crippen molar-refractivity contribution in [3.8, 4) is 6.07 Å². The summed E-state index contributed by atoms with van der Waals surface area (Å²) in [5, 5.41) is 23.2. The Morgan fingerprint density at radius 2 is 1.97 bits per heavy atom. The lowest BCUT2D eigenvalue weighted by Gasteiger charge is -2.53. The molecule has 0 spiro atoms. The number of hydrogen-bond donors (Lipinski definition) is 1. The lowest BCUT2D eigenvalue weighted by atomic mass is 9.51. The average molecular weight is 504 g/mol. The number of aliphatic carboxylic acids is 1. The Balaban J connectivity index is 1.58. The van der Waals surface area contributed by atoms with Gasteiger partial charge in [0.1, 0.15) is 0 Å². The standard InChI is InChI=1S/C26H37N3O5S/c1-4-29(5-2)35(32,33)34-28-19-7-9-20-18(16-19)6-8-22-21(20)10-12-25(3)23(22)11-13-26(25,14-15-27)17-24(30)31/h16,22-23H,4-14,17H2,1-3H3,(H,30,31)/b28-19-/t22-,23+,25+,26+/m1/s1. The van der Waals surface area contributed by atoms with E-state index in [4.69, 9.17) is 4.28 Å². The van der Waals surface area contributed by atoms with Crippen LogP contribution in [0.1, 0.15) is 85.0 Å². The number of carboxylic acids is 1. The van der Waals surface area contributed by atoms with Crippen molar-refractivity contribution in [3.63, 3.8) is 0 Å². The van der Waals surface area contributed by atoms with E-state index in [1.54, 1.807) is 13.8 Å². The quantitative estimate of drug-likeness (QED) is 0.468. The van der Waals surface area contributed by atoms with Crippen LogP contribution < -0.4 is 0 Å². The minimum absolute atomic E-state index is 0.0769. The zero-order valence-electron chi connectivity index (χ0n) is 21.0. The lowest BCUT2D eigenvalue weighted by molar-refractivity contribution is -0.143. The Kier molecular flexibility index (Phi) is 7.18. The van der Waals surface area contributed by atoms with Gasteiger partial charge in [-0.2, -0.15) is 18.0 Å². The molecule has 4 aliphatic carbocycles. The van der Waals surface area contributed by atoms with Gasteiger partial charge in [-0.3, -0.25) is 9.08 Å². The Bertz CT molecular complexity index is 1110. The van der Waals surface area contributed by atoms with Crippen molar-refractivity contribution >= 4 is 22.0 Å². The third-order valence-corrected chi connectivity index (χ3v) is 10.9. The van der Waals surface area contributed by atoms with Crippen molar-refractivity contribution < 1.29 is 22.6 Å². The van der Waals surface area contributed by atoms with Gasteiger partial charge in [0.15, 0.2) is 0 Å². The van der Waals surface area contributed by atoms with Gasteiger partial charge in [-0.05, 0) is 91.3 Å². The highest BCUT2D eigenvalue weighted by Crippen LogP contribution is 2.68. The molecule has 2 saturated carbocycles. The molecule has 0 aromatic carbocycles. The first-order valence-corrected chi connectivity index (χ1v) is 14.2. The van der Waals surface area contributed by atoms with Gasteiger partial charge < -0.3 is 5.11 Å². The molecule has 0 aliphatic heterocycles. The maximum atomic E-state index is 12.3. The molecular weight excluding hydrogens is 466 g/mol. The number of oxime groups is 1. The topological polar surface area (TPSA) is 120 Å². The van der Waals surface area contributed by atoms with E-state index < -0.39 is 21.7 Å². The molecule has 0 bridgehead atoms. The summed E-state index contributed by atoms with van der Waals surface area (Å²) in [5.41, 5.74) is 4.22. The molecule has 2 fully saturated rings. The van der Waals surface area contributed by atoms with Gasteiger partial charge in [-0.25, -0.2) is 0 Å². The molecule has 4 rings (SSSR count). The summed E-state index contributed by atoms with van der Waals surface area (Å²) in [6, 6.07) is 2.32. The van der Waals surface area contributed by atoms with Gasteiger partial charge in [-0.15, -0.1) is 0 Å². The van der Waals surface area contributed by atoms with Gasteiger partial charge in [0.05, 0.1) is 18.2 Å². The van der Waals surface area contributed by atoms with E-state index in [1.807, 2.05) is 6.08 Å². The predicted molar refractivity (Wildman–Crippen MR) is 132 cm³/mol. The van der Waals surface area contributed by atoms with E-state index in [2.05, 4.69) is 18.1 Å². The van der Waals surface area contributed by atoms with Crippen molar-refractivity contribution in [2.24, 2.45) is 27.8 Å². The molecule has 4 aliphatic rings. The lowest BCUT2D eigenvalue weighted by Crippen LogP contribution is -2.46. The zero-order chi connectivity index (χ0) is 25.4. The van der Waals surface area contributed by atoms with E-state index in [1.165, 1.54) is 21.0 Å². The van der Waals surface area contributed by atoms with Gasteiger partial charge in [0.25, 0.3) is 0 Å². The highest BCUT2D eigenvalue weighted by molar-refractivity contribution is 7.84. The fourth-order valence-electron chi connectivity index (χ4n) is 7.61.